The van der Waals surface area contributed by atoms with E-state index in [1.54, 1.807) is 25.1 Å². The first kappa shape index (κ1) is 18.1. The van der Waals surface area contributed by atoms with Crippen LogP contribution in [0.3, 0.4) is 0 Å². The number of aryl methyl sites for hydroxylation is 1. The molecule has 1 N–H and O–H groups in total. The Morgan fingerprint density at radius 2 is 2.05 bits per heavy atom. The second-order valence-corrected chi connectivity index (χ2v) is 5.67. The smallest absolute Gasteiger partial charge is 0.317 e. The Hall–Kier alpha value is -0.970. The lowest BCUT2D eigenvalue weighted by Crippen LogP contribution is -2.38. The van der Waals surface area contributed by atoms with Gasteiger partial charge in [-0.05, 0) is 37.0 Å². The van der Waals surface area contributed by atoms with Gasteiger partial charge in [0, 0.05) is 33.9 Å². The van der Waals surface area contributed by atoms with Crippen LogP contribution in [0.5, 0.6) is 0 Å². The van der Waals surface area contributed by atoms with Crippen LogP contribution in [0.4, 0.5) is 4.79 Å². The molecule has 2 amide bonds. The lowest BCUT2D eigenvalue weighted by molar-refractivity contribution is 0.175. The van der Waals surface area contributed by atoms with Crippen molar-refractivity contribution in [1.82, 2.24) is 10.2 Å². The van der Waals surface area contributed by atoms with Gasteiger partial charge in [0.1, 0.15) is 0 Å². The van der Waals surface area contributed by atoms with Crippen molar-refractivity contribution in [2.45, 2.75) is 19.3 Å². The molecule has 0 aliphatic heterocycles. The average Bonchev–Trinajstić information content (AvgIpc) is 2.47. The average molecular weight is 333 g/mol. The van der Waals surface area contributed by atoms with Crippen molar-refractivity contribution in [1.29, 1.82) is 0 Å². The topological polar surface area (TPSA) is 41.6 Å². The quantitative estimate of drug-likeness (QED) is 0.739. The number of halogens is 2. The Labute approximate surface area is 136 Å². The van der Waals surface area contributed by atoms with E-state index in [4.69, 9.17) is 27.9 Å². The van der Waals surface area contributed by atoms with Crippen LogP contribution >= 0.6 is 23.2 Å². The second kappa shape index (κ2) is 9.87. The highest BCUT2D eigenvalue weighted by Crippen LogP contribution is 2.22. The van der Waals surface area contributed by atoms with Crippen LogP contribution < -0.4 is 5.32 Å². The first-order chi connectivity index (χ1) is 10.0. The Bertz CT molecular complexity index is 455. The van der Waals surface area contributed by atoms with Crippen molar-refractivity contribution in [2.75, 3.05) is 33.9 Å². The van der Waals surface area contributed by atoms with Crippen molar-refractivity contribution in [2.24, 2.45) is 0 Å². The molecule has 0 bridgehead atoms. The van der Waals surface area contributed by atoms with E-state index < -0.39 is 0 Å². The van der Waals surface area contributed by atoms with Crippen LogP contribution in [0, 0.1) is 0 Å². The third-order valence-electron chi connectivity index (χ3n) is 3.09. The fourth-order valence-electron chi connectivity index (χ4n) is 1.87. The van der Waals surface area contributed by atoms with E-state index in [0.717, 1.165) is 24.8 Å². The molecule has 1 aromatic carbocycles. The largest absolute Gasteiger partial charge is 0.385 e. The molecule has 0 fully saturated rings. The molecule has 0 aromatic heterocycles. The highest BCUT2D eigenvalue weighted by molar-refractivity contribution is 6.42. The van der Waals surface area contributed by atoms with E-state index in [0.29, 0.717) is 29.7 Å². The summed E-state index contributed by atoms with van der Waals surface area (Å²) < 4.78 is 4.96. The standard InChI is InChI=1S/C15H22Cl2N2O2/c1-19(9-4-10-21-2)15(20)18-8-3-5-12-6-7-13(16)14(17)11-12/h6-7,11H,3-5,8-10H2,1-2H3,(H,18,20). The molecule has 0 unspecified atom stereocenters. The monoisotopic (exact) mass is 332 g/mol. The number of carbonyl (C=O) groups is 1. The molecular weight excluding hydrogens is 311 g/mol. The number of hydrogen-bond acceptors (Lipinski definition) is 2. The van der Waals surface area contributed by atoms with E-state index in [1.165, 1.54) is 0 Å². The van der Waals surface area contributed by atoms with Crippen molar-refractivity contribution >= 4 is 29.2 Å². The van der Waals surface area contributed by atoms with Crippen LogP contribution in [0.1, 0.15) is 18.4 Å². The molecule has 1 aromatic rings. The highest BCUT2D eigenvalue weighted by atomic mass is 35.5. The summed E-state index contributed by atoms with van der Waals surface area (Å²) >= 11 is 11.8. The highest BCUT2D eigenvalue weighted by Gasteiger charge is 2.07. The summed E-state index contributed by atoms with van der Waals surface area (Å²) in [4.78, 5) is 13.4. The molecule has 0 aliphatic carbocycles. The molecule has 0 spiro atoms. The number of benzene rings is 1. The van der Waals surface area contributed by atoms with Gasteiger partial charge in [0.25, 0.3) is 0 Å². The Morgan fingerprint density at radius 1 is 1.29 bits per heavy atom. The number of urea groups is 1. The summed E-state index contributed by atoms with van der Waals surface area (Å²) in [7, 11) is 3.44. The van der Waals surface area contributed by atoms with Gasteiger partial charge in [-0.2, -0.15) is 0 Å². The number of nitrogens with zero attached hydrogens (tertiary/aromatic N) is 1. The summed E-state index contributed by atoms with van der Waals surface area (Å²) in [5.74, 6) is 0. The molecular formula is C15H22Cl2N2O2. The maximum atomic E-state index is 11.8. The SMILES string of the molecule is COCCCN(C)C(=O)NCCCc1ccc(Cl)c(Cl)c1. The van der Waals surface area contributed by atoms with Gasteiger partial charge >= 0.3 is 6.03 Å². The van der Waals surface area contributed by atoms with E-state index >= 15 is 0 Å². The van der Waals surface area contributed by atoms with E-state index in [2.05, 4.69) is 5.32 Å². The molecule has 4 nitrogen and oxygen atoms in total. The van der Waals surface area contributed by atoms with Crippen molar-refractivity contribution in [3.8, 4) is 0 Å². The maximum Gasteiger partial charge on any atom is 0.317 e. The van der Waals surface area contributed by atoms with E-state index in [1.807, 2.05) is 12.1 Å². The third-order valence-corrected chi connectivity index (χ3v) is 3.83. The number of amides is 2. The molecule has 0 atom stereocenters. The Balaban J connectivity index is 2.20. The summed E-state index contributed by atoms with van der Waals surface area (Å²) in [5.41, 5.74) is 1.12. The van der Waals surface area contributed by atoms with Crippen LogP contribution in [-0.2, 0) is 11.2 Å². The van der Waals surface area contributed by atoms with Gasteiger partial charge in [0.15, 0.2) is 0 Å². The lowest BCUT2D eigenvalue weighted by Gasteiger charge is -2.17. The van der Waals surface area contributed by atoms with Crippen molar-refractivity contribution in [3.63, 3.8) is 0 Å². The van der Waals surface area contributed by atoms with Crippen LogP contribution in [0.15, 0.2) is 18.2 Å². The zero-order chi connectivity index (χ0) is 15.7. The third kappa shape index (κ3) is 7.02. The first-order valence-corrected chi connectivity index (χ1v) is 7.72. The van der Waals surface area contributed by atoms with E-state index in [9.17, 15) is 4.79 Å². The van der Waals surface area contributed by atoms with Crippen LogP contribution in [-0.4, -0.2) is 44.8 Å². The number of methoxy groups -OCH3 is 1. The number of carbonyl (C=O) groups excluding carboxylic acids is 1. The van der Waals surface area contributed by atoms with Gasteiger partial charge in [-0.15, -0.1) is 0 Å². The van der Waals surface area contributed by atoms with Crippen molar-refractivity contribution < 1.29 is 9.53 Å². The number of nitrogens with one attached hydrogen (secondary N) is 1. The van der Waals surface area contributed by atoms with Crippen LogP contribution in [0.2, 0.25) is 10.0 Å². The maximum absolute atomic E-state index is 11.8. The predicted octanol–water partition coefficient (Wildman–Crippen LogP) is 3.60. The Kier molecular flexibility index (Phi) is 8.50. The number of hydrogen-bond donors (Lipinski definition) is 1. The minimum absolute atomic E-state index is 0.0553. The van der Waals surface area contributed by atoms with Crippen molar-refractivity contribution in [3.05, 3.63) is 33.8 Å². The number of rotatable bonds is 8. The molecule has 0 heterocycles. The normalized spacial score (nSPS) is 10.5. The predicted molar refractivity (Wildman–Crippen MR) is 87.3 cm³/mol. The van der Waals surface area contributed by atoms with Gasteiger partial charge < -0.3 is 15.0 Å². The number of ether oxygens (including phenoxy) is 1. The Morgan fingerprint density at radius 3 is 2.71 bits per heavy atom. The summed E-state index contributed by atoms with van der Waals surface area (Å²) in [6.45, 7) is 1.98. The van der Waals surface area contributed by atoms with Gasteiger partial charge in [-0.1, -0.05) is 29.3 Å². The zero-order valence-electron chi connectivity index (χ0n) is 12.5. The molecule has 0 aliphatic rings. The first-order valence-electron chi connectivity index (χ1n) is 6.96. The molecule has 21 heavy (non-hydrogen) atoms. The molecule has 6 heteroatoms. The zero-order valence-corrected chi connectivity index (χ0v) is 14.0. The summed E-state index contributed by atoms with van der Waals surface area (Å²) in [6.07, 6.45) is 2.55. The lowest BCUT2D eigenvalue weighted by atomic mass is 10.1. The minimum atomic E-state index is -0.0553. The van der Waals surface area contributed by atoms with Gasteiger partial charge in [0.2, 0.25) is 0 Å². The summed E-state index contributed by atoms with van der Waals surface area (Å²) in [5, 5.41) is 4.02. The fraction of sp³-hybridized carbons (Fsp3) is 0.533. The molecule has 1 rings (SSSR count). The minimum Gasteiger partial charge on any atom is -0.385 e. The van der Waals surface area contributed by atoms with Gasteiger partial charge in [-0.25, -0.2) is 4.79 Å². The summed E-state index contributed by atoms with van der Waals surface area (Å²) in [6, 6.07) is 5.55. The molecule has 0 saturated heterocycles. The molecule has 0 saturated carbocycles. The van der Waals surface area contributed by atoms with E-state index in [-0.39, 0.29) is 6.03 Å². The molecule has 118 valence electrons. The molecule has 0 radical (unpaired) electrons. The fourth-order valence-corrected chi connectivity index (χ4v) is 2.19. The van der Waals surface area contributed by atoms with Crippen LogP contribution in [0.25, 0.3) is 0 Å². The second-order valence-electron chi connectivity index (χ2n) is 4.85. The van der Waals surface area contributed by atoms with Gasteiger partial charge in [-0.3, -0.25) is 0 Å². The van der Waals surface area contributed by atoms with Gasteiger partial charge in [0.05, 0.1) is 10.0 Å².